The Kier molecular flexibility index (Phi) is 4.82. The smallest absolute Gasteiger partial charge is 0.161 e. The summed E-state index contributed by atoms with van der Waals surface area (Å²) in [6.45, 7) is 4.41. The van der Waals surface area contributed by atoms with Crippen molar-refractivity contribution in [3.63, 3.8) is 0 Å². The van der Waals surface area contributed by atoms with E-state index in [-0.39, 0.29) is 0 Å². The number of thioether (sulfide) groups is 1. The van der Waals surface area contributed by atoms with E-state index >= 15 is 0 Å². The molecule has 0 amide bonds. The lowest BCUT2D eigenvalue weighted by atomic mass is 10.0. The van der Waals surface area contributed by atoms with Crippen LogP contribution >= 0.6 is 35.0 Å². The second kappa shape index (κ2) is 6.18. The summed E-state index contributed by atoms with van der Waals surface area (Å²) in [7, 11) is 0. The van der Waals surface area contributed by atoms with Crippen molar-refractivity contribution in [1.29, 1.82) is 0 Å². The van der Waals surface area contributed by atoms with Crippen LogP contribution in [0.2, 0.25) is 10.0 Å². The van der Waals surface area contributed by atoms with Gasteiger partial charge in [-0.3, -0.25) is 4.99 Å². The number of benzene rings is 1. The molecule has 0 bridgehead atoms. The van der Waals surface area contributed by atoms with E-state index in [0.29, 0.717) is 22.0 Å². The quantitative estimate of drug-likeness (QED) is 0.838. The first-order valence-electron chi connectivity index (χ1n) is 5.98. The monoisotopic (exact) mass is 302 g/mol. The van der Waals surface area contributed by atoms with Gasteiger partial charge in [-0.25, -0.2) is 0 Å². The van der Waals surface area contributed by atoms with Crippen LogP contribution in [0.3, 0.4) is 0 Å². The molecule has 0 spiro atoms. The maximum absolute atomic E-state index is 5.98. The predicted molar refractivity (Wildman–Crippen MR) is 83.2 cm³/mol. The van der Waals surface area contributed by atoms with E-state index in [1.165, 1.54) is 0 Å². The summed E-state index contributed by atoms with van der Waals surface area (Å²) in [4.78, 5) is 4.72. The minimum Gasteiger partial charge on any atom is -0.335 e. The normalized spacial score (nSPS) is 19.8. The number of nitrogens with zero attached hydrogens (tertiary/aromatic N) is 1. The van der Waals surface area contributed by atoms with Gasteiger partial charge in [-0.15, -0.1) is 0 Å². The molecule has 0 radical (unpaired) electrons. The second-order valence-electron chi connectivity index (χ2n) is 4.67. The molecule has 1 atom stereocenters. The molecule has 0 saturated carbocycles. The highest BCUT2D eigenvalue weighted by atomic mass is 35.5. The highest BCUT2D eigenvalue weighted by Gasteiger charge is 2.18. The summed E-state index contributed by atoms with van der Waals surface area (Å²) in [5.74, 6) is 1.67. The molecule has 1 aliphatic heterocycles. The van der Waals surface area contributed by atoms with Crippen molar-refractivity contribution in [1.82, 2.24) is 0 Å². The zero-order valence-corrected chi connectivity index (χ0v) is 12.7. The molecule has 98 valence electrons. The van der Waals surface area contributed by atoms with Gasteiger partial charge in [0.05, 0.1) is 6.04 Å². The predicted octanol–water partition coefficient (Wildman–Crippen LogP) is 4.92. The third kappa shape index (κ3) is 3.81. The van der Waals surface area contributed by atoms with Crippen LogP contribution in [-0.4, -0.2) is 17.0 Å². The molecule has 1 heterocycles. The second-order valence-corrected chi connectivity index (χ2v) is 6.62. The summed E-state index contributed by atoms with van der Waals surface area (Å²) in [6.07, 6.45) is 1.14. The molecule has 1 aromatic rings. The molecule has 1 aliphatic rings. The maximum atomic E-state index is 5.98. The summed E-state index contributed by atoms with van der Waals surface area (Å²) >= 11 is 13.7. The van der Waals surface area contributed by atoms with E-state index in [4.69, 9.17) is 28.2 Å². The molecular formula is C13H16Cl2N2S. The Morgan fingerprint density at radius 2 is 1.94 bits per heavy atom. The van der Waals surface area contributed by atoms with Crippen LogP contribution in [0.25, 0.3) is 0 Å². The average Bonchev–Trinajstić information content (AvgIpc) is 2.27. The third-order valence-corrected chi connectivity index (χ3v) is 4.18. The van der Waals surface area contributed by atoms with Crippen molar-refractivity contribution < 1.29 is 0 Å². The average molecular weight is 303 g/mol. The van der Waals surface area contributed by atoms with Crippen molar-refractivity contribution >= 4 is 45.8 Å². The SMILES string of the molecule is CC(C)C1CCSC(Nc2cc(Cl)cc(Cl)c2)=N1. The zero-order chi connectivity index (χ0) is 13.1. The Bertz CT molecular complexity index is 440. The Balaban J connectivity index is 2.13. The van der Waals surface area contributed by atoms with Crippen molar-refractivity contribution in [2.24, 2.45) is 10.9 Å². The van der Waals surface area contributed by atoms with Crippen molar-refractivity contribution in [2.45, 2.75) is 26.3 Å². The van der Waals surface area contributed by atoms with Gasteiger partial charge in [0.25, 0.3) is 0 Å². The standard InChI is InChI=1S/C13H16Cl2N2S/c1-8(2)12-3-4-18-13(17-12)16-11-6-9(14)5-10(15)7-11/h5-8,12H,3-4H2,1-2H3,(H,16,17). The number of nitrogens with one attached hydrogen (secondary N) is 1. The number of hydrogen-bond donors (Lipinski definition) is 1. The lowest BCUT2D eigenvalue weighted by Gasteiger charge is -2.23. The maximum Gasteiger partial charge on any atom is 0.161 e. The molecule has 5 heteroatoms. The molecule has 2 rings (SSSR count). The number of anilines is 1. The first-order valence-corrected chi connectivity index (χ1v) is 7.72. The molecule has 18 heavy (non-hydrogen) atoms. The van der Waals surface area contributed by atoms with Crippen molar-refractivity contribution in [3.8, 4) is 0 Å². The van der Waals surface area contributed by atoms with Crippen LogP contribution in [0.1, 0.15) is 20.3 Å². The summed E-state index contributed by atoms with van der Waals surface area (Å²) < 4.78 is 0. The fraction of sp³-hybridized carbons (Fsp3) is 0.462. The third-order valence-electron chi connectivity index (χ3n) is 2.82. The van der Waals surface area contributed by atoms with Crippen LogP contribution in [-0.2, 0) is 0 Å². The largest absolute Gasteiger partial charge is 0.335 e. The Labute approximate surface area is 122 Å². The van der Waals surface area contributed by atoms with Gasteiger partial charge in [-0.1, -0.05) is 48.8 Å². The molecule has 2 nitrogen and oxygen atoms in total. The number of amidine groups is 1. The first-order chi connectivity index (χ1) is 8.54. The molecule has 0 saturated heterocycles. The minimum absolute atomic E-state index is 0.406. The molecular weight excluding hydrogens is 287 g/mol. The van der Waals surface area contributed by atoms with E-state index in [1.807, 2.05) is 12.1 Å². The van der Waals surface area contributed by atoms with Crippen molar-refractivity contribution in [2.75, 3.05) is 11.1 Å². The van der Waals surface area contributed by atoms with Crippen LogP contribution in [0, 0.1) is 5.92 Å². The number of aliphatic imine (C=N–C) groups is 1. The molecule has 0 aliphatic carbocycles. The van der Waals surface area contributed by atoms with Gasteiger partial charge in [0.2, 0.25) is 0 Å². The summed E-state index contributed by atoms with van der Waals surface area (Å²) in [6, 6.07) is 5.84. The zero-order valence-electron chi connectivity index (χ0n) is 10.4. The first kappa shape index (κ1) is 14.0. The molecule has 0 fully saturated rings. The van der Waals surface area contributed by atoms with Crippen LogP contribution in [0.5, 0.6) is 0 Å². The highest BCUT2D eigenvalue weighted by Crippen LogP contribution is 2.26. The number of hydrogen-bond acceptors (Lipinski definition) is 3. The van der Waals surface area contributed by atoms with Crippen LogP contribution < -0.4 is 5.32 Å². The van der Waals surface area contributed by atoms with Crippen LogP contribution in [0.15, 0.2) is 23.2 Å². The van der Waals surface area contributed by atoms with Gasteiger partial charge >= 0.3 is 0 Å². The highest BCUT2D eigenvalue weighted by molar-refractivity contribution is 8.14. The van der Waals surface area contributed by atoms with Gasteiger partial charge < -0.3 is 5.32 Å². The van der Waals surface area contributed by atoms with Gasteiger partial charge in [-0.05, 0) is 30.5 Å². The Hall–Kier alpha value is -0.380. The summed E-state index contributed by atoms with van der Waals surface area (Å²) in [5.41, 5.74) is 0.892. The number of rotatable bonds is 2. The molecule has 1 aromatic carbocycles. The van der Waals surface area contributed by atoms with Gasteiger partial charge in [0.15, 0.2) is 5.17 Å². The molecule has 1 unspecified atom stereocenters. The van der Waals surface area contributed by atoms with Gasteiger partial charge in [-0.2, -0.15) is 0 Å². The van der Waals surface area contributed by atoms with E-state index in [1.54, 1.807) is 17.8 Å². The summed E-state index contributed by atoms with van der Waals surface area (Å²) in [5, 5.41) is 5.51. The van der Waals surface area contributed by atoms with Gasteiger partial charge in [0.1, 0.15) is 0 Å². The topological polar surface area (TPSA) is 24.4 Å². The molecule has 1 N–H and O–H groups in total. The minimum atomic E-state index is 0.406. The Morgan fingerprint density at radius 3 is 2.56 bits per heavy atom. The van der Waals surface area contributed by atoms with Crippen LogP contribution in [0.4, 0.5) is 5.69 Å². The van der Waals surface area contributed by atoms with Gasteiger partial charge in [0, 0.05) is 21.5 Å². The lowest BCUT2D eigenvalue weighted by molar-refractivity contribution is 0.485. The fourth-order valence-electron chi connectivity index (χ4n) is 1.83. The number of halogens is 2. The van der Waals surface area contributed by atoms with E-state index in [0.717, 1.165) is 23.0 Å². The fourth-order valence-corrected chi connectivity index (χ4v) is 3.31. The van der Waals surface area contributed by atoms with E-state index < -0.39 is 0 Å². The van der Waals surface area contributed by atoms with E-state index in [9.17, 15) is 0 Å². The Morgan fingerprint density at radius 1 is 1.28 bits per heavy atom. The van der Waals surface area contributed by atoms with Crippen molar-refractivity contribution in [3.05, 3.63) is 28.2 Å². The molecule has 0 aromatic heterocycles. The van der Waals surface area contributed by atoms with E-state index in [2.05, 4.69) is 19.2 Å². The lowest BCUT2D eigenvalue weighted by Crippen LogP contribution is -2.23.